The van der Waals surface area contributed by atoms with E-state index in [-0.39, 0.29) is 96.9 Å². The van der Waals surface area contributed by atoms with E-state index in [2.05, 4.69) is 87.3 Å². The van der Waals surface area contributed by atoms with Gasteiger partial charge in [-0.1, -0.05) is 85.8 Å². The molecule has 0 saturated carbocycles. The Morgan fingerprint density at radius 3 is 1.52 bits per heavy atom. The minimum absolute atomic E-state index is 0. The molecule has 22 nitrogen and oxygen atoms in total. The fourth-order valence-electron chi connectivity index (χ4n) is 8.08. The number of hydrogen-bond acceptors (Lipinski definition) is 23. The van der Waals surface area contributed by atoms with Crippen LogP contribution in [0.15, 0.2) is 86.7 Å². The molecule has 4 aromatic carbocycles. The number of aryl methyl sites for hydroxylation is 8. The third-order valence-electron chi connectivity index (χ3n) is 11.3. The van der Waals surface area contributed by atoms with E-state index in [4.69, 9.17) is 46.1 Å². The first-order chi connectivity index (χ1) is 35.8. The summed E-state index contributed by atoms with van der Waals surface area (Å²) < 4.78 is 129. The number of rotatable bonds is 14. The predicted octanol–water partition coefficient (Wildman–Crippen LogP) is -2.38. The molecule has 0 aliphatic carbocycles. The third kappa shape index (κ3) is 18.6. The minimum Gasteiger partial charge on any atom is -0.748 e. The van der Waals surface area contributed by atoms with Gasteiger partial charge in [-0.05, 0) is 124 Å². The quantitative estimate of drug-likeness (QED) is 0.0675. The van der Waals surface area contributed by atoms with Gasteiger partial charge in [-0.2, -0.15) is 15.0 Å². The Morgan fingerprint density at radius 2 is 1.07 bits per heavy atom. The average molecular weight is 1190 g/mol. The molecule has 408 valence electrons. The van der Waals surface area contributed by atoms with Crippen LogP contribution < -0.4 is 85.7 Å². The Kier molecular flexibility index (Phi) is 26.5. The van der Waals surface area contributed by atoms with Crippen LogP contribution in [0, 0.1) is 39.0 Å². The number of pyridine rings is 1. The van der Waals surface area contributed by atoms with Crippen LogP contribution in [0.4, 0.5) is 39.6 Å². The zero-order valence-corrected chi connectivity index (χ0v) is 52.0. The van der Waals surface area contributed by atoms with Crippen LogP contribution in [0.2, 0.25) is 0 Å². The van der Waals surface area contributed by atoms with E-state index in [1.807, 2.05) is 17.9 Å². The van der Waals surface area contributed by atoms with E-state index in [0.29, 0.717) is 92.3 Å². The largest absolute Gasteiger partial charge is 1.00 e. The van der Waals surface area contributed by atoms with Crippen LogP contribution in [0.5, 0.6) is 0 Å². The zero-order chi connectivity index (χ0) is 57.1. The first-order valence-electron chi connectivity index (χ1n) is 23.2. The van der Waals surface area contributed by atoms with Gasteiger partial charge >= 0.3 is 75.4 Å². The third-order valence-corrected chi connectivity index (χ3v) is 14.9. The molecule has 8 aromatic rings. The number of nitrogens with one attached hydrogen (secondary N) is 1. The molecule has 81 heavy (non-hydrogen) atoms. The maximum atomic E-state index is 12.1. The molecule has 0 bridgehead atoms. The molecule has 0 aliphatic heterocycles. The summed E-state index contributed by atoms with van der Waals surface area (Å²) in [5, 5.41) is 28.9. The van der Waals surface area contributed by atoms with Gasteiger partial charge in [0.05, 0.1) is 61.8 Å². The Labute approximate surface area is 527 Å². The van der Waals surface area contributed by atoms with Gasteiger partial charge in [0.25, 0.3) is 0 Å². The van der Waals surface area contributed by atoms with Crippen molar-refractivity contribution in [1.29, 1.82) is 5.26 Å². The Bertz CT molecular complexity index is 4060. The van der Waals surface area contributed by atoms with E-state index < -0.39 is 45.4 Å². The van der Waals surface area contributed by atoms with Gasteiger partial charge in [0, 0.05) is 18.2 Å². The fraction of sp³-hybridized carbons (Fsp3) is 0.286. The molecule has 4 heterocycles. The summed E-state index contributed by atoms with van der Waals surface area (Å²) in [6.07, 6.45) is 3.97. The fourth-order valence-corrected chi connectivity index (χ4v) is 11.2. The molecule has 0 atom stereocenters. The number of anilines is 5. The second-order valence-electron chi connectivity index (χ2n) is 17.3. The van der Waals surface area contributed by atoms with Crippen molar-refractivity contribution in [2.75, 3.05) is 22.7 Å². The van der Waals surface area contributed by atoms with Crippen molar-refractivity contribution in [2.45, 2.75) is 90.9 Å². The van der Waals surface area contributed by atoms with Crippen molar-refractivity contribution >= 4 is 123 Å². The normalized spacial score (nSPS) is 11.5. The van der Waals surface area contributed by atoms with Gasteiger partial charge in [0.15, 0.2) is 16.8 Å². The monoisotopic (exact) mass is 1190 g/mol. The number of azo groups is 1. The molecule has 32 heteroatoms. The maximum Gasteiger partial charge on any atom is 1.00 e. The second kappa shape index (κ2) is 29.5. The van der Waals surface area contributed by atoms with Gasteiger partial charge < -0.3 is 23.5 Å². The summed E-state index contributed by atoms with van der Waals surface area (Å²) in [6.45, 7) is 16.0. The standard InChI is InChI=1S/C47H46N10O6S4.2CH4O3S.4Li/c1-9-29-17-25(5)18-30(10-2)42(29)52-44-41(53-54-45-35(24-48)28(8)55-57(45)47-50-37-16-14-34(67(61,62)63)23-39(37)65-47)27(7)21-40(51-44)56(43-31(11-3)19-26(6)20-32(43)12-4)46-49-36-15-13-33(66(58,59)60)22-38(36)64-46;2*1-5(2,3)4;;;;/h13-23H,9-12H2,1-8H3,(H,51,52)(H,58,59,60)(H,61,62,63);2*1H3,(H,2,3,4);;;;/q;;;4*+1/p-4. The molecule has 0 unspecified atom stereocenters. The summed E-state index contributed by atoms with van der Waals surface area (Å²) in [4.78, 5) is 16.2. The SMILES string of the molecule is CCc1cc(C)cc(CC)c1Nc1nc(N(c2nc3ccc(S(=O)(=O)[O-])cc3s2)c2c(CC)cc(C)cc2CC)cc(C)c1N=Nc1c(C#N)c(C)nn1-c1nc2ccc(S(=O)(=O)[O-])cc2s1.CS(=O)(=O)[O-].CS(=O)(=O)[O-].[Li+].[Li+].[Li+].[Li+]. The van der Waals surface area contributed by atoms with Crippen LogP contribution in [0.25, 0.3) is 25.6 Å². The Balaban J connectivity index is 0.00000147. The molecular weight excluding hydrogens is 1140 g/mol. The van der Waals surface area contributed by atoms with E-state index in [0.717, 1.165) is 56.1 Å². The molecule has 0 radical (unpaired) electrons. The first-order valence-corrected chi connectivity index (χ1v) is 31.2. The topological polar surface area (TPSA) is 349 Å². The van der Waals surface area contributed by atoms with Crippen molar-refractivity contribution < 1.29 is 127 Å². The van der Waals surface area contributed by atoms with E-state index >= 15 is 0 Å². The minimum atomic E-state index is -4.74. The smallest absolute Gasteiger partial charge is 0.748 e. The molecule has 0 fully saturated rings. The summed E-state index contributed by atoms with van der Waals surface area (Å²) >= 11 is 2.31. The molecule has 4 aromatic heterocycles. The maximum absolute atomic E-state index is 12.1. The van der Waals surface area contributed by atoms with Crippen LogP contribution >= 0.6 is 22.7 Å². The summed E-state index contributed by atoms with van der Waals surface area (Å²) in [5.41, 5.74) is 10.5. The second-order valence-corrected chi connectivity index (χ2v) is 24.9. The Morgan fingerprint density at radius 1 is 0.630 bits per heavy atom. The Hall–Kier alpha value is -4.26. The summed E-state index contributed by atoms with van der Waals surface area (Å²) in [5.74, 6) is 0.881. The number of fused-ring (bicyclic) bond motifs is 2. The van der Waals surface area contributed by atoms with Gasteiger partial charge in [-0.3, -0.25) is 4.90 Å². The predicted molar refractivity (Wildman–Crippen MR) is 291 cm³/mol. The van der Waals surface area contributed by atoms with Crippen LogP contribution in [0.1, 0.15) is 77.9 Å². The number of nitrogens with zero attached hydrogens (tertiary/aromatic N) is 9. The van der Waals surface area contributed by atoms with Crippen molar-refractivity contribution in [1.82, 2.24) is 24.7 Å². The number of hydrogen-bond donors (Lipinski definition) is 1. The number of thiazole rings is 2. The molecule has 0 saturated heterocycles. The molecule has 8 rings (SSSR count). The molecule has 0 aliphatic rings. The summed E-state index contributed by atoms with van der Waals surface area (Å²) in [7, 11) is -17.3. The average Bonchev–Trinajstić information content (AvgIpc) is 4.04. The number of benzene rings is 4. The summed E-state index contributed by atoms with van der Waals surface area (Å²) in [6, 6.07) is 20.6. The van der Waals surface area contributed by atoms with E-state index in [1.165, 1.54) is 52.4 Å². The van der Waals surface area contributed by atoms with E-state index in [9.17, 15) is 31.2 Å². The van der Waals surface area contributed by atoms with Gasteiger partial charge in [-0.15, -0.1) is 10.2 Å². The van der Waals surface area contributed by atoms with Gasteiger partial charge in [0.1, 0.15) is 43.4 Å². The molecule has 1 N–H and O–H groups in total. The van der Waals surface area contributed by atoms with Crippen molar-refractivity contribution in [2.24, 2.45) is 10.2 Å². The van der Waals surface area contributed by atoms with Crippen molar-refractivity contribution in [3.8, 4) is 11.2 Å². The van der Waals surface area contributed by atoms with Crippen LogP contribution in [0.3, 0.4) is 0 Å². The molecular formula is C49H50Li4N10O12S6. The first kappa shape index (κ1) is 72.8. The van der Waals surface area contributed by atoms with Crippen molar-refractivity contribution in [3.05, 3.63) is 117 Å². The zero-order valence-electron chi connectivity index (χ0n) is 47.1. The van der Waals surface area contributed by atoms with Gasteiger partial charge in [0.2, 0.25) is 5.13 Å². The van der Waals surface area contributed by atoms with E-state index in [1.54, 1.807) is 6.92 Å². The van der Waals surface area contributed by atoms with Crippen LogP contribution in [-0.4, -0.2) is 89.1 Å². The number of nitriles is 1. The van der Waals surface area contributed by atoms with Crippen molar-refractivity contribution in [3.63, 3.8) is 0 Å². The van der Waals surface area contributed by atoms with Crippen LogP contribution in [-0.2, 0) is 66.2 Å². The van der Waals surface area contributed by atoms with Gasteiger partial charge in [-0.25, -0.2) is 48.6 Å². The molecule has 0 spiro atoms. The number of aromatic nitrogens is 5. The molecule has 0 amide bonds.